The first-order valence-electron chi connectivity index (χ1n) is 7.63. The summed E-state index contributed by atoms with van der Waals surface area (Å²) in [7, 11) is 0. The van der Waals surface area contributed by atoms with Crippen LogP contribution in [0, 0.1) is 11.3 Å². The lowest BCUT2D eigenvalue weighted by Crippen LogP contribution is -2.31. The second-order valence-electron chi connectivity index (χ2n) is 4.93. The van der Waals surface area contributed by atoms with Crippen molar-refractivity contribution in [2.24, 2.45) is 0 Å². The van der Waals surface area contributed by atoms with Crippen LogP contribution in [0.5, 0.6) is 0 Å². The SMILES string of the molecule is C=CCOO/C(C#N)=c1\s/c(=C\c2ccc(C=C)cc2)c(=O)n1CC. The van der Waals surface area contributed by atoms with Gasteiger partial charge in [-0.2, -0.15) is 10.1 Å². The molecule has 0 atom stereocenters. The summed E-state index contributed by atoms with van der Waals surface area (Å²) in [6, 6.07) is 9.59. The first-order chi connectivity index (χ1) is 12.1. The van der Waals surface area contributed by atoms with Crippen molar-refractivity contribution in [3.63, 3.8) is 0 Å². The number of hydrogen-bond donors (Lipinski definition) is 0. The maximum Gasteiger partial charge on any atom is 0.275 e. The van der Waals surface area contributed by atoms with Crippen LogP contribution in [0.4, 0.5) is 0 Å². The molecule has 0 unspecified atom stereocenters. The summed E-state index contributed by atoms with van der Waals surface area (Å²) in [4.78, 5) is 22.5. The molecule has 0 radical (unpaired) electrons. The molecule has 25 heavy (non-hydrogen) atoms. The highest BCUT2D eigenvalue weighted by molar-refractivity contribution is 7.07. The van der Waals surface area contributed by atoms with Gasteiger partial charge in [0.15, 0.2) is 4.66 Å². The molecular weight excluding hydrogens is 336 g/mol. The zero-order valence-corrected chi connectivity index (χ0v) is 14.7. The smallest absolute Gasteiger partial charge is 0.275 e. The van der Waals surface area contributed by atoms with E-state index in [2.05, 4.69) is 13.2 Å². The van der Waals surface area contributed by atoms with Gasteiger partial charge >= 0.3 is 0 Å². The fourth-order valence-corrected chi connectivity index (χ4v) is 3.19. The summed E-state index contributed by atoms with van der Waals surface area (Å²) in [6.45, 7) is 9.62. The van der Waals surface area contributed by atoms with Gasteiger partial charge < -0.3 is 4.89 Å². The monoisotopic (exact) mass is 354 g/mol. The first kappa shape index (κ1) is 18.5. The second kappa shape index (κ2) is 8.83. The molecule has 0 aliphatic heterocycles. The van der Waals surface area contributed by atoms with Gasteiger partial charge in [0.1, 0.15) is 12.7 Å². The minimum absolute atomic E-state index is 0.0487. The van der Waals surface area contributed by atoms with E-state index < -0.39 is 0 Å². The average Bonchev–Trinajstić information content (AvgIpc) is 2.95. The summed E-state index contributed by atoms with van der Waals surface area (Å²) < 4.78 is 2.43. The van der Waals surface area contributed by atoms with Crippen molar-refractivity contribution in [3.8, 4) is 6.07 Å². The van der Waals surface area contributed by atoms with Crippen molar-refractivity contribution in [1.82, 2.24) is 4.57 Å². The van der Waals surface area contributed by atoms with E-state index >= 15 is 0 Å². The van der Waals surface area contributed by atoms with Gasteiger partial charge in [-0.1, -0.05) is 43.0 Å². The number of hydrogen-bond acceptors (Lipinski definition) is 5. The molecule has 0 amide bonds. The van der Waals surface area contributed by atoms with E-state index in [0.717, 1.165) is 11.1 Å². The molecule has 6 heteroatoms. The Morgan fingerprint density at radius 1 is 1.32 bits per heavy atom. The molecule has 0 spiro atoms. The molecule has 5 nitrogen and oxygen atoms in total. The summed E-state index contributed by atoms with van der Waals surface area (Å²) >= 11 is 1.19. The highest BCUT2D eigenvalue weighted by atomic mass is 32.1. The van der Waals surface area contributed by atoms with E-state index in [1.165, 1.54) is 22.0 Å². The molecule has 0 aliphatic rings. The topological polar surface area (TPSA) is 64.2 Å². The van der Waals surface area contributed by atoms with Crippen LogP contribution in [-0.4, -0.2) is 11.2 Å². The van der Waals surface area contributed by atoms with Gasteiger partial charge in [0.25, 0.3) is 11.3 Å². The Balaban J connectivity index is 2.57. The number of aromatic nitrogens is 1. The Morgan fingerprint density at radius 2 is 2.00 bits per heavy atom. The van der Waals surface area contributed by atoms with Gasteiger partial charge in [-0.25, -0.2) is 0 Å². The number of benzene rings is 1. The van der Waals surface area contributed by atoms with Crippen LogP contribution in [0.1, 0.15) is 18.1 Å². The summed E-state index contributed by atoms with van der Waals surface area (Å²) in [6.07, 6.45) is 5.05. The summed E-state index contributed by atoms with van der Waals surface area (Å²) in [5, 5.41) is 9.30. The van der Waals surface area contributed by atoms with Crippen LogP contribution < -0.4 is 14.8 Å². The highest BCUT2D eigenvalue weighted by Crippen LogP contribution is 2.06. The average molecular weight is 354 g/mol. The summed E-state index contributed by atoms with van der Waals surface area (Å²) in [5.41, 5.74) is 1.72. The predicted molar refractivity (Wildman–Crippen MR) is 99.9 cm³/mol. The van der Waals surface area contributed by atoms with Crippen molar-refractivity contribution in [2.75, 3.05) is 6.61 Å². The Bertz CT molecular complexity index is 976. The van der Waals surface area contributed by atoms with E-state index in [-0.39, 0.29) is 17.9 Å². The zero-order chi connectivity index (χ0) is 18.2. The van der Waals surface area contributed by atoms with E-state index in [9.17, 15) is 10.1 Å². The lowest BCUT2D eigenvalue weighted by molar-refractivity contribution is -0.224. The number of thiazole rings is 1. The molecule has 128 valence electrons. The van der Waals surface area contributed by atoms with Crippen LogP contribution >= 0.6 is 11.3 Å². The third-order valence-electron chi connectivity index (χ3n) is 3.32. The Labute approximate surface area is 149 Å². The Hall–Kier alpha value is -2.88. The third-order valence-corrected chi connectivity index (χ3v) is 4.43. The molecular formula is C19H18N2O3S. The van der Waals surface area contributed by atoms with Gasteiger partial charge in [0, 0.05) is 6.54 Å². The minimum Gasteiger partial charge on any atom is -0.323 e. The third kappa shape index (κ3) is 4.35. The largest absolute Gasteiger partial charge is 0.323 e. The van der Waals surface area contributed by atoms with Crippen LogP contribution in [0.15, 0.2) is 48.3 Å². The number of rotatable bonds is 7. The van der Waals surface area contributed by atoms with Crippen molar-refractivity contribution < 1.29 is 9.78 Å². The van der Waals surface area contributed by atoms with Crippen molar-refractivity contribution in [2.45, 2.75) is 13.5 Å². The first-order valence-corrected chi connectivity index (χ1v) is 8.44. The molecule has 0 fully saturated rings. The zero-order valence-electron chi connectivity index (χ0n) is 13.9. The number of nitrogens with zero attached hydrogens (tertiary/aromatic N) is 2. The summed E-state index contributed by atoms with van der Waals surface area (Å²) in [5.74, 6) is -0.0487. The molecule has 1 aromatic heterocycles. The fraction of sp³-hybridized carbons (Fsp3) is 0.158. The molecule has 2 rings (SSSR count). The molecule has 2 aromatic rings. The van der Waals surface area contributed by atoms with E-state index in [1.54, 1.807) is 12.2 Å². The molecule has 1 heterocycles. The lowest BCUT2D eigenvalue weighted by atomic mass is 10.1. The van der Waals surface area contributed by atoms with Crippen LogP contribution in [-0.2, 0) is 16.3 Å². The second-order valence-corrected chi connectivity index (χ2v) is 5.96. The molecule has 0 bridgehead atoms. The molecule has 0 saturated carbocycles. The van der Waals surface area contributed by atoms with Crippen molar-refractivity contribution in [3.05, 3.63) is 74.2 Å². The Kier molecular flexibility index (Phi) is 6.52. The van der Waals surface area contributed by atoms with Gasteiger partial charge in [-0.05, 0) is 24.1 Å². The van der Waals surface area contributed by atoms with Crippen molar-refractivity contribution >= 4 is 29.2 Å². The van der Waals surface area contributed by atoms with Gasteiger partial charge in [-0.3, -0.25) is 9.36 Å². The molecule has 0 saturated heterocycles. The van der Waals surface area contributed by atoms with Crippen LogP contribution in [0.25, 0.3) is 17.9 Å². The molecule has 1 aromatic carbocycles. The van der Waals surface area contributed by atoms with E-state index in [4.69, 9.17) is 9.78 Å². The maximum absolute atomic E-state index is 12.6. The van der Waals surface area contributed by atoms with E-state index in [1.807, 2.05) is 37.3 Å². The molecule has 0 aliphatic carbocycles. The minimum atomic E-state index is -0.171. The van der Waals surface area contributed by atoms with Crippen LogP contribution in [0.2, 0.25) is 0 Å². The van der Waals surface area contributed by atoms with Crippen LogP contribution in [0.3, 0.4) is 0 Å². The van der Waals surface area contributed by atoms with Gasteiger partial charge in [0.05, 0.1) is 4.53 Å². The van der Waals surface area contributed by atoms with E-state index in [0.29, 0.717) is 15.7 Å². The van der Waals surface area contributed by atoms with Gasteiger partial charge in [0.2, 0.25) is 0 Å². The van der Waals surface area contributed by atoms with Gasteiger partial charge in [-0.15, -0.1) is 17.9 Å². The Morgan fingerprint density at radius 3 is 2.56 bits per heavy atom. The number of nitriles is 1. The maximum atomic E-state index is 12.6. The normalized spacial score (nSPS) is 12.4. The standard InChI is InChI=1S/C19H18N2O3S/c1-4-11-23-24-16(13-20)19-21(6-3)18(22)17(25-19)12-15-9-7-14(5-2)8-10-15/h4-5,7-10,12H,1-2,6,11H2,3H3/b17-12-,19-16-. The molecule has 0 N–H and O–H groups in total. The quantitative estimate of drug-likeness (QED) is 0.331. The predicted octanol–water partition coefficient (Wildman–Crippen LogP) is 2.17. The van der Waals surface area contributed by atoms with Crippen molar-refractivity contribution in [1.29, 1.82) is 5.26 Å². The fourth-order valence-electron chi connectivity index (χ4n) is 2.10. The lowest BCUT2D eigenvalue weighted by Gasteiger charge is -2.01. The highest BCUT2D eigenvalue weighted by Gasteiger charge is 2.10.